The normalized spacial score (nSPS) is 14.1. The Bertz CT molecular complexity index is 329. The van der Waals surface area contributed by atoms with Crippen LogP contribution in [0.15, 0.2) is 0 Å². The Morgan fingerprint density at radius 1 is 0.909 bits per heavy atom. The highest BCUT2D eigenvalue weighted by Crippen LogP contribution is 2.16. The van der Waals surface area contributed by atoms with Gasteiger partial charge in [-0.3, -0.25) is 8.94 Å². The van der Waals surface area contributed by atoms with E-state index in [1.807, 2.05) is 14.1 Å². The number of hydrogen-bond donors (Lipinski definition) is 2. The van der Waals surface area contributed by atoms with Gasteiger partial charge in [-0.2, -0.15) is 8.42 Å². The minimum atomic E-state index is -4.46. The van der Waals surface area contributed by atoms with Gasteiger partial charge in [-0.25, -0.2) is 8.78 Å². The van der Waals surface area contributed by atoms with Crippen molar-refractivity contribution in [2.45, 2.75) is 63.7 Å². The van der Waals surface area contributed by atoms with Crippen molar-refractivity contribution in [3.05, 3.63) is 0 Å². The fraction of sp³-hybridized carbons (Fsp3) is 1.00. The molecule has 0 saturated carbocycles. The minimum Gasteiger partial charge on any atom is -0.323 e. The minimum absolute atomic E-state index is 0.0405. The van der Waals surface area contributed by atoms with E-state index in [-0.39, 0.29) is 13.1 Å². The molecule has 2 unspecified atom stereocenters. The molecule has 0 aromatic carbocycles. The third-order valence-electron chi connectivity index (χ3n) is 2.88. The fourth-order valence-electron chi connectivity index (χ4n) is 1.80. The van der Waals surface area contributed by atoms with E-state index < -0.39 is 28.2 Å². The summed E-state index contributed by atoms with van der Waals surface area (Å²) in [4.78, 5) is 0. The Balaban J connectivity index is 0. The van der Waals surface area contributed by atoms with Crippen LogP contribution >= 0.6 is 0 Å². The van der Waals surface area contributed by atoms with Crippen molar-refractivity contribution in [1.82, 2.24) is 5.32 Å². The Morgan fingerprint density at radius 3 is 1.73 bits per heavy atom. The molecule has 0 saturated heterocycles. The van der Waals surface area contributed by atoms with Gasteiger partial charge in [-0.05, 0) is 26.9 Å². The Kier molecular flexibility index (Phi) is 16.9. The summed E-state index contributed by atoms with van der Waals surface area (Å²) in [6.07, 6.45) is 1.36. The summed E-state index contributed by atoms with van der Waals surface area (Å²) >= 11 is 0. The van der Waals surface area contributed by atoms with E-state index in [0.717, 1.165) is 32.1 Å². The average molecular weight is 349 g/mol. The van der Waals surface area contributed by atoms with Crippen molar-refractivity contribution in [3.8, 4) is 0 Å². The first-order chi connectivity index (χ1) is 10.3. The molecule has 0 aromatic heterocycles. The number of hydrogen-bond acceptors (Lipinski definition) is 3. The average Bonchev–Trinajstić information content (AvgIpc) is 2.40. The van der Waals surface area contributed by atoms with Gasteiger partial charge in [-0.1, -0.05) is 38.5 Å². The summed E-state index contributed by atoms with van der Waals surface area (Å²) in [5.41, 5.74) is 0. The molecular weight excluding hydrogens is 319 g/mol. The summed E-state index contributed by atoms with van der Waals surface area (Å²) in [6, 6.07) is 0. The van der Waals surface area contributed by atoms with Gasteiger partial charge in [0.05, 0.1) is 6.67 Å². The van der Waals surface area contributed by atoms with Gasteiger partial charge < -0.3 is 5.32 Å². The lowest BCUT2D eigenvalue weighted by molar-refractivity contribution is 0.169. The molecule has 2 atom stereocenters. The van der Waals surface area contributed by atoms with Crippen molar-refractivity contribution >= 4 is 10.1 Å². The molecule has 8 heteroatoms. The van der Waals surface area contributed by atoms with Crippen molar-refractivity contribution in [1.29, 1.82) is 0 Å². The van der Waals surface area contributed by atoms with Gasteiger partial charge in [0.2, 0.25) is 0 Å². The van der Waals surface area contributed by atoms with E-state index in [9.17, 15) is 21.6 Å². The van der Waals surface area contributed by atoms with E-state index in [4.69, 9.17) is 4.55 Å². The summed E-state index contributed by atoms with van der Waals surface area (Å²) in [5, 5.41) is 2.75. The van der Waals surface area contributed by atoms with Crippen LogP contribution in [0.3, 0.4) is 0 Å². The number of halogens is 3. The maximum atomic E-state index is 13.2. The molecule has 0 aliphatic rings. The van der Waals surface area contributed by atoms with Gasteiger partial charge in [-0.15, -0.1) is 0 Å². The molecule has 22 heavy (non-hydrogen) atoms. The molecule has 0 rings (SSSR count). The highest BCUT2D eigenvalue weighted by atomic mass is 32.2. The van der Waals surface area contributed by atoms with Gasteiger partial charge in [0.25, 0.3) is 10.1 Å². The molecular formula is C14H30F3NO3S. The number of nitrogens with one attached hydrogen (secondary N) is 1. The van der Waals surface area contributed by atoms with Crippen LogP contribution in [0, 0.1) is 0 Å². The van der Waals surface area contributed by atoms with E-state index >= 15 is 0 Å². The maximum Gasteiger partial charge on any atom is 0.267 e. The predicted molar refractivity (Wildman–Crippen MR) is 84.1 cm³/mol. The quantitative estimate of drug-likeness (QED) is 0.418. The molecule has 0 radical (unpaired) electrons. The third-order valence-corrected chi connectivity index (χ3v) is 3.62. The molecule has 0 bridgehead atoms. The summed E-state index contributed by atoms with van der Waals surface area (Å²) in [7, 11) is -0.712. The first-order valence-corrected chi connectivity index (χ1v) is 9.27. The largest absolute Gasteiger partial charge is 0.323 e. The zero-order valence-electron chi connectivity index (χ0n) is 13.5. The van der Waals surface area contributed by atoms with E-state index in [1.165, 1.54) is 0 Å². The predicted octanol–water partition coefficient (Wildman–Crippen LogP) is 3.48. The molecule has 0 heterocycles. The number of unbranched alkanes of at least 4 members (excludes halogenated alkanes) is 6. The van der Waals surface area contributed by atoms with Crippen LogP contribution in [0.1, 0.15) is 51.4 Å². The molecule has 136 valence electrons. The molecule has 2 N–H and O–H groups in total. The Morgan fingerprint density at radius 2 is 1.32 bits per heavy atom. The maximum absolute atomic E-state index is 13.2. The van der Waals surface area contributed by atoms with Crippen molar-refractivity contribution < 1.29 is 26.1 Å². The second kappa shape index (κ2) is 15.6. The van der Waals surface area contributed by atoms with Crippen LogP contribution in [0.5, 0.6) is 0 Å². The summed E-state index contributed by atoms with van der Waals surface area (Å²) in [6.45, 7) is -0.296. The smallest absolute Gasteiger partial charge is 0.267 e. The Labute approximate surface area is 132 Å². The lowest BCUT2D eigenvalue weighted by Crippen LogP contribution is -2.26. The topological polar surface area (TPSA) is 66.4 Å². The number of alkyl halides is 3. The van der Waals surface area contributed by atoms with Gasteiger partial charge in [0.15, 0.2) is 0 Å². The molecule has 0 fully saturated rings. The summed E-state index contributed by atoms with van der Waals surface area (Å²) in [5.74, 6) is -1.18. The van der Waals surface area contributed by atoms with Gasteiger partial charge >= 0.3 is 0 Å². The van der Waals surface area contributed by atoms with Crippen LogP contribution in [0.4, 0.5) is 13.2 Å². The van der Waals surface area contributed by atoms with E-state index in [0.29, 0.717) is 12.8 Å². The highest BCUT2D eigenvalue weighted by molar-refractivity contribution is 7.85. The molecule has 0 spiro atoms. The summed E-state index contributed by atoms with van der Waals surface area (Å²) < 4.78 is 67.2. The SMILES string of the molecule is CNC.O=S(=O)(O)CC(F)C(F)CCCCCCCCCF. The van der Waals surface area contributed by atoms with Crippen molar-refractivity contribution in [3.63, 3.8) is 0 Å². The zero-order valence-corrected chi connectivity index (χ0v) is 14.3. The first kappa shape index (κ1) is 23.9. The van der Waals surface area contributed by atoms with Gasteiger partial charge in [0.1, 0.15) is 18.1 Å². The molecule has 0 amide bonds. The van der Waals surface area contributed by atoms with Crippen LogP contribution in [0.25, 0.3) is 0 Å². The van der Waals surface area contributed by atoms with Crippen molar-refractivity contribution in [2.24, 2.45) is 0 Å². The molecule has 4 nitrogen and oxygen atoms in total. The van der Waals surface area contributed by atoms with E-state index in [1.54, 1.807) is 0 Å². The van der Waals surface area contributed by atoms with Crippen LogP contribution < -0.4 is 5.32 Å². The standard InChI is InChI=1S/C12H23F3O3S.C2H7N/c13-9-7-5-3-1-2-4-6-8-11(14)12(15)10-19(16,17)18;1-3-2/h11-12H,1-10H2,(H,16,17,18);3H,1-2H3. The molecule has 0 aliphatic heterocycles. The lowest BCUT2D eigenvalue weighted by Gasteiger charge is -2.11. The van der Waals surface area contributed by atoms with E-state index in [2.05, 4.69) is 5.32 Å². The fourth-order valence-corrected chi connectivity index (χ4v) is 2.42. The second-order valence-electron chi connectivity index (χ2n) is 5.23. The van der Waals surface area contributed by atoms with Gasteiger partial charge in [0, 0.05) is 0 Å². The highest BCUT2D eigenvalue weighted by Gasteiger charge is 2.25. The first-order valence-electron chi connectivity index (χ1n) is 7.66. The number of rotatable bonds is 12. The van der Waals surface area contributed by atoms with Crippen LogP contribution in [-0.2, 0) is 10.1 Å². The Hall–Kier alpha value is -0.340. The second-order valence-corrected chi connectivity index (χ2v) is 6.73. The third kappa shape index (κ3) is 19.7. The van der Waals surface area contributed by atoms with Crippen LogP contribution in [-0.4, -0.2) is 51.8 Å². The van der Waals surface area contributed by atoms with Crippen LogP contribution in [0.2, 0.25) is 0 Å². The zero-order chi connectivity index (χ0) is 17.4. The molecule has 0 aromatic rings. The lowest BCUT2D eigenvalue weighted by atomic mass is 10.1. The monoisotopic (exact) mass is 349 g/mol. The molecule has 0 aliphatic carbocycles. The van der Waals surface area contributed by atoms with Crippen molar-refractivity contribution in [2.75, 3.05) is 26.5 Å².